The number of likely N-dealkylation sites (tertiary alicyclic amines) is 1. The number of hydrogen-bond donors (Lipinski definition) is 1. The lowest BCUT2D eigenvalue weighted by molar-refractivity contribution is 0.0793. The normalized spacial score (nSPS) is 16.1. The highest BCUT2D eigenvalue weighted by Gasteiger charge is 2.25. The zero-order valence-electron chi connectivity index (χ0n) is 17.6. The molecule has 0 bridgehead atoms. The van der Waals surface area contributed by atoms with E-state index in [0.29, 0.717) is 16.8 Å². The standard InChI is InChI=1S/C26H27N3O2/c30-25(21-10-9-19-7-1-2-8-20(19)17-21)27-22-11-12-24(28-13-3-4-14-28)23(18-22)26(31)29-15-5-6-16-29/h1-2,7-12,17-18H,3-6,13-16H2,(H,27,30). The molecule has 0 aliphatic carbocycles. The SMILES string of the molecule is O=C(Nc1ccc(N2CCCC2)c(C(=O)N2CCCC2)c1)c1ccc2ccccc2c1. The highest BCUT2D eigenvalue weighted by molar-refractivity contribution is 6.08. The fourth-order valence-corrected chi connectivity index (χ4v) is 4.64. The number of benzene rings is 3. The van der Waals surface area contributed by atoms with Crippen molar-refractivity contribution in [3.8, 4) is 0 Å². The molecule has 31 heavy (non-hydrogen) atoms. The molecule has 2 amide bonds. The van der Waals surface area contributed by atoms with Gasteiger partial charge in [-0.25, -0.2) is 0 Å². The summed E-state index contributed by atoms with van der Waals surface area (Å²) in [6.45, 7) is 3.57. The van der Waals surface area contributed by atoms with Crippen molar-refractivity contribution < 1.29 is 9.59 Å². The van der Waals surface area contributed by atoms with Gasteiger partial charge in [0.15, 0.2) is 0 Å². The molecule has 5 heteroatoms. The van der Waals surface area contributed by atoms with Crippen LogP contribution in [0.5, 0.6) is 0 Å². The van der Waals surface area contributed by atoms with Crippen LogP contribution in [-0.2, 0) is 0 Å². The van der Waals surface area contributed by atoms with E-state index >= 15 is 0 Å². The fraction of sp³-hybridized carbons (Fsp3) is 0.308. The quantitative estimate of drug-likeness (QED) is 0.660. The van der Waals surface area contributed by atoms with E-state index in [-0.39, 0.29) is 11.8 Å². The van der Waals surface area contributed by atoms with Crippen LogP contribution in [0.4, 0.5) is 11.4 Å². The first-order chi connectivity index (χ1) is 15.2. The summed E-state index contributed by atoms with van der Waals surface area (Å²) in [4.78, 5) is 30.4. The molecule has 158 valence electrons. The molecule has 0 aromatic heterocycles. The summed E-state index contributed by atoms with van der Waals surface area (Å²) in [6.07, 6.45) is 4.42. The summed E-state index contributed by atoms with van der Waals surface area (Å²) in [5, 5.41) is 5.13. The Bertz CT molecular complexity index is 1130. The minimum Gasteiger partial charge on any atom is -0.371 e. The maximum atomic E-state index is 13.3. The Balaban J connectivity index is 1.43. The van der Waals surface area contributed by atoms with Crippen LogP contribution in [0.2, 0.25) is 0 Å². The third-order valence-electron chi connectivity index (χ3n) is 6.34. The molecule has 3 aromatic rings. The van der Waals surface area contributed by atoms with Crippen LogP contribution in [0, 0.1) is 0 Å². The average Bonchev–Trinajstić information content (AvgIpc) is 3.53. The lowest BCUT2D eigenvalue weighted by Crippen LogP contribution is -2.30. The van der Waals surface area contributed by atoms with Crippen molar-refractivity contribution in [1.82, 2.24) is 4.90 Å². The lowest BCUT2D eigenvalue weighted by Gasteiger charge is -2.24. The van der Waals surface area contributed by atoms with Crippen molar-refractivity contribution >= 4 is 34.0 Å². The molecule has 0 saturated carbocycles. The van der Waals surface area contributed by atoms with Crippen LogP contribution in [0.15, 0.2) is 60.7 Å². The van der Waals surface area contributed by atoms with Crippen LogP contribution < -0.4 is 10.2 Å². The van der Waals surface area contributed by atoms with E-state index in [1.807, 2.05) is 65.6 Å². The molecule has 0 atom stereocenters. The minimum absolute atomic E-state index is 0.0706. The van der Waals surface area contributed by atoms with E-state index in [9.17, 15) is 9.59 Å². The Kier molecular flexibility index (Phi) is 5.33. The van der Waals surface area contributed by atoms with Gasteiger partial charge in [-0.05, 0) is 66.8 Å². The van der Waals surface area contributed by atoms with Gasteiger partial charge in [-0.3, -0.25) is 9.59 Å². The molecule has 2 aliphatic heterocycles. The monoisotopic (exact) mass is 413 g/mol. The molecule has 5 nitrogen and oxygen atoms in total. The number of fused-ring (bicyclic) bond motifs is 1. The zero-order chi connectivity index (χ0) is 21.2. The largest absolute Gasteiger partial charge is 0.371 e. The number of anilines is 2. The Morgan fingerprint density at radius 2 is 1.45 bits per heavy atom. The van der Waals surface area contributed by atoms with E-state index in [1.54, 1.807) is 0 Å². The van der Waals surface area contributed by atoms with Gasteiger partial charge in [0, 0.05) is 43.1 Å². The molecule has 0 spiro atoms. The first-order valence-electron chi connectivity index (χ1n) is 11.2. The third-order valence-corrected chi connectivity index (χ3v) is 6.34. The molecule has 3 aromatic carbocycles. The predicted molar refractivity (Wildman–Crippen MR) is 125 cm³/mol. The van der Waals surface area contributed by atoms with Crippen molar-refractivity contribution in [3.63, 3.8) is 0 Å². The van der Waals surface area contributed by atoms with Gasteiger partial charge >= 0.3 is 0 Å². The van der Waals surface area contributed by atoms with Crippen molar-refractivity contribution in [2.75, 3.05) is 36.4 Å². The number of carbonyl (C=O) groups is 2. The van der Waals surface area contributed by atoms with Gasteiger partial charge in [0.2, 0.25) is 0 Å². The summed E-state index contributed by atoms with van der Waals surface area (Å²) < 4.78 is 0. The summed E-state index contributed by atoms with van der Waals surface area (Å²) in [7, 11) is 0. The number of nitrogens with zero attached hydrogens (tertiary/aromatic N) is 2. The maximum Gasteiger partial charge on any atom is 0.256 e. The summed E-state index contributed by atoms with van der Waals surface area (Å²) in [5.41, 5.74) is 2.94. The van der Waals surface area contributed by atoms with Crippen molar-refractivity contribution in [2.24, 2.45) is 0 Å². The van der Waals surface area contributed by atoms with Crippen LogP contribution in [0.1, 0.15) is 46.4 Å². The number of nitrogens with one attached hydrogen (secondary N) is 1. The van der Waals surface area contributed by atoms with E-state index in [4.69, 9.17) is 0 Å². The van der Waals surface area contributed by atoms with Gasteiger partial charge < -0.3 is 15.1 Å². The highest BCUT2D eigenvalue weighted by atomic mass is 16.2. The Morgan fingerprint density at radius 1 is 0.742 bits per heavy atom. The van der Waals surface area contributed by atoms with Gasteiger partial charge in [-0.1, -0.05) is 30.3 Å². The average molecular weight is 414 g/mol. The van der Waals surface area contributed by atoms with Crippen molar-refractivity contribution in [1.29, 1.82) is 0 Å². The van der Waals surface area contributed by atoms with E-state index in [0.717, 1.165) is 68.3 Å². The molecule has 2 aliphatic rings. The molecule has 5 rings (SSSR count). The van der Waals surface area contributed by atoms with Gasteiger partial charge in [-0.15, -0.1) is 0 Å². The van der Waals surface area contributed by atoms with Crippen LogP contribution in [0.3, 0.4) is 0 Å². The molecular weight excluding hydrogens is 386 g/mol. The Morgan fingerprint density at radius 3 is 2.23 bits per heavy atom. The molecule has 2 heterocycles. The van der Waals surface area contributed by atoms with Gasteiger partial charge in [0.1, 0.15) is 0 Å². The second-order valence-electron chi connectivity index (χ2n) is 8.44. The smallest absolute Gasteiger partial charge is 0.256 e. The predicted octanol–water partition coefficient (Wildman–Crippen LogP) is 4.93. The van der Waals surface area contributed by atoms with Gasteiger partial charge in [0.05, 0.1) is 5.56 Å². The topological polar surface area (TPSA) is 52.7 Å². The zero-order valence-corrected chi connectivity index (χ0v) is 17.6. The molecule has 2 saturated heterocycles. The lowest BCUT2D eigenvalue weighted by atomic mass is 10.1. The van der Waals surface area contributed by atoms with E-state index in [2.05, 4.69) is 10.2 Å². The van der Waals surface area contributed by atoms with E-state index < -0.39 is 0 Å². The summed E-state index contributed by atoms with van der Waals surface area (Å²) in [6, 6.07) is 19.5. The second kappa shape index (κ2) is 8.42. The number of rotatable bonds is 4. The van der Waals surface area contributed by atoms with Crippen LogP contribution in [-0.4, -0.2) is 42.9 Å². The molecule has 1 N–H and O–H groups in total. The number of carbonyl (C=O) groups excluding carboxylic acids is 2. The Labute approximate surface area is 182 Å². The molecule has 0 unspecified atom stereocenters. The molecule has 0 radical (unpaired) electrons. The van der Waals surface area contributed by atoms with Crippen molar-refractivity contribution in [2.45, 2.75) is 25.7 Å². The summed E-state index contributed by atoms with van der Waals surface area (Å²) >= 11 is 0. The van der Waals surface area contributed by atoms with Crippen molar-refractivity contribution in [3.05, 3.63) is 71.8 Å². The molecular formula is C26H27N3O2. The maximum absolute atomic E-state index is 13.3. The summed E-state index contributed by atoms with van der Waals surface area (Å²) in [5.74, 6) is -0.0968. The first kappa shape index (κ1) is 19.6. The highest BCUT2D eigenvalue weighted by Crippen LogP contribution is 2.30. The third kappa shape index (κ3) is 4.00. The van der Waals surface area contributed by atoms with E-state index in [1.165, 1.54) is 0 Å². The first-order valence-corrected chi connectivity index (χ1v) is 11.2. The minimum atomic E-state index is -0.167. The van der Waals surface area contributed by atoms with Crippen LogP contribution in [0.25, 0.3) is 10.8 Å². The number of hydrogen-bond acceptors (Lipinski definition) is 3. The number of amides is 2. The van der Waals surface area contributed by atoms with Gasteiger partial charge in [0.25, 0.3) is 11.8 Å². The van der Waals surface area contributed by atoms with Crippen LogP contribution >= 0.6 is 0 Å². The van der Waals surface area contributed by atoms with Gasteiger partial charge in [-0.2, -0.15) is 0 Å². The Hall–Kier alpha value is -3.34. The fourth-order valence-electron chi connectivity index (χ4n) is 4.64. The molecule has 2 fully saturated rings. The second-order valence-corrected chi connectivity index (χ2v) is 8.44.